The summed E-state index contributed by atoms with van der Waals surface area (Å²) in [6.07, 6.45) is 1.82. The Hall–Kier alpha value is -1.29. The molecule has 0 fully saturated rings. The molecule has 90 valence electrons. The summed E-state index contributed by atoms with van der Waals surface area (Å²) in [6, 6.07) is 8.47. The fourth-order valence-electron chi connectivity index (χ4n) is 1.87. The SMILES string of the molecule is Cc1cccc(NC(C)c2ccnn2C)c1Br. The van der Waals surface area contributed by atoms with Crippen LogP contribution in [0.2, 0.25) is 0 Å². The lowest BCUT2D eigenvalue weighted by molar-refractivity contribution is 0.675. The van der Waals surface area contributed by atoms with Gasteiger partial charge >= 0.3 is 0 Å². The van der Waals surface area contributed by atoms with Crippen LogP contribution in [0, 0.1) is 6.92 Å². The van der Waals surface area contributed by atoms with Gasteiger partial charge in [-0.15, -0.1) is 0 Å². The third kappa shape index (κ3) is 2.52. The fraction of sp³-hybridized carbons (Fsp3) is 0.308. The van der Waals surface area contributed by atoms with E-state index in [9.17, 15) is 0 Å². The molecule has 3 nitrogen and oxygen atoms in total. The molecule has 0 spiro atoms. The summed E-state index contributed by atoms with van der Waals surface area (Å²) >= 11 is 3.61. The minimum atomic E-state index is 0.223. The second-order valence-electron chi connectivity index (χ2n) is 4.18. The number of halogens is 1. The molecule has 0 aliphatic carbocycles. The quantitative estimate of drug-likeness (QED) is 0.936. The molecular formula is C13H16BrN3. The molecule has 0 amide bonds. The number of hydrogen-bond donors (Lipinski definition) is 1. The summed E-state index contributed by atoms with van der Waals surface area (Å²) in [6.45, 7) is 4.22. The van der Waals surface area contributed by atoms with Gasteiger partial charge in [-0.3, -0.25) is 4.68 Å². The van der Waals surface area contributed by atoms with Crippen molar-refractivity contribution >= 4 is 21.6 Å². The van der Waals surface area contributed by atoms with E-state index >= 15 is 0 Å². The van der Waals surface area contributed by atoms with Crippen LogP contribution < -0.4 is 5.32 Å². The maximum absolute atomic E-state index is 4.18. The lowest BCUT2D eigenvalue weighted by Gasteiger charge is -2.17. The van der Waals surface area contributed by atoms with Gasteiger partial charge < -0.3 is 5.32 Å². The molecule has 1 atom stereocenters. The monoisotopic (exact) mass is 293 g/mol. The maximum Gasteiger partial charge on any atom is 0.0654 e. The summed E-state index contributed by atoms with van der Waals surface area (Å²) in [4.78, 5) is 0. The standard InChI is InChI=1S/C13H16BrN3/c1-9-5-4-6-11(13(9)14)16-10(2)12-7-8-15-17(12)3/h4-8,10,16H,1-3H3. The number of anilines is 1. The van der Waals surface area contributed by atoms with Gasteiger partial charge in [0.2, 0.25) is 0 Å². The molecular weight excluding hydrogens is 278 g/mol. The molecule has 1 heterocycles. The molecule has 0 aliphatic heterocycles. The average Bonchev–Trinajstić information content (AvgIpc) is 2.71. The fourth-order valence-corrected chi connectivity index (χ4v) is 2.25. The van der Waals surface area contributed by atoms with Gasteiger partial charge in [-0.05, 0) is 47.5 Å². The van der Waals surface area contributed by atoms with Crippen molar-refractivity contribution < 1.29 is 0 Å². The lowest BCUT2D eigenvalue weighted by atomic mass is 10.2. The Morgan fingerprint density at radius 3 is 2.76 bits per heavy atom. The van der Waals surface area contributed by atoms with E-state index in [1.165, 1.54) is 11.3 Å². The van der Waals surface area contributed by atoms with Crippen LogP contribution in [-0.2, 0) is 7.05 Å². The van der Waals surface area contributed by atoms with Crippen molar-refractivity contribution in [3.8, 4) is 0 Å². The molecule has 1 aromatic carbocycles. The molecule has 0 radical (unpaired) electrons. The first-order valence-corrected chi connectivity index (χ1v) is 6.38. The van der Waals surface area contributed by atoms with E-state index in [0.717, 1.165) is 10.2 Å². The number of aromatic nitrogens is 2. The molecule has 0 aliphatic rings. The molecule has 2 aromatic rings. The second kappa shape index (κ2) is 4.92. The minimum Gasteiger partial charge on any atom is -0.376 e. The van der Waals surface area contributed by atoms with Crippen molar-refractivity contribution in [3.63, 3.8) is 0 Å². The first-order valence-electron chi connectivity index (χ1n) is 5.59. The highest BCUT2D eigenvalue weighted by atomic mass is 79.9. The van der Waals surface area contributed by atoms with E-state index in [2.05, 4.69) is 58.4 Å². The third-order valence-corrected chi connectivity index (χ3v) is 3.92. The van der Waals surface area contributed by atoms with Crippen molar-refractivity contribution in [3.05, 3.63) is 46.2 Å². The van der Waals surface area contributed by atoms with Crippen LogP contribution in [0.3, 0.4) is 0 Å². The summed E-state index contributed by atoms with van der Waals surface area (Å²) in [5.41, 5.74) is 3.50. The Morgan fingerprint density at radius 1 is 1.35 bits per heavy atom. The van der Waals surface area contributed by atoms with Crippen LogP contribution in [0.15, 0.2) is 34.9 Å². The number of benzene rings is 1. The highest BCUT2D eigenvalue weighted by Crippen LogP contribution is 2.28. The molecule has 17 heavy (non-hydrogen) atoms. The zero-order valence-corrected chi connectivity index (χ0v) is 11.8. The predicted molar refractivity (Wildman–Crippen MR) is 74.1 cm³/mol. The predicted octanol–water partition coefficient (Wildman–Crippen LogP) is 3.66. The van der Waals surface area contributed by atoms with E-state index in [1.807, 2.05) is 24.0 Å². The van der Waals surface area contributed by atoms with Gasteiger partial charge in [0.05, 0.1) is 11.7 Å². The van der Waals surface area contributed by atoms with Gasteiger partial charge in [-0.1, -0.05) is 12.1 Å². The minimum absolute atomic E-state index is 0.223. The van der Waals surface area contributed by atoms with Crippen molar-refractivity contribution in [1.82, 2.24) is 9.78 Å². The van der Waals surface area contributed by atoms with Crippen LogP contribution in [0.25, 0.3) is 0 Å². The van der Waals surface area contributed by atoms with E-state index in [0.29, 0.717) is 0 Å². The molecule has 0 saturated carbocycles. The highest BCUT2D eigenvalue weighted by molar-refractivity contribution is 9.10. The van der Waals surface area contributed by atoms with Gasteiger partial charge in [-0.25, -0.2) is 0 Å². The van der Waals surface area contributed by atoms with Crippen molar-refractivity contribution in [2.24, 2.45) is 7.05 Å². The van der Waals surface area contributed by atoms with Crippen LogP contribution in [0.4, 0.5) is 5.69 Å². The highest BCUT2D eigenvalue weighted by Gasteiger charge is 2.11. The van der Waals surface area contributed by atoms with Crippen LogP contribution >= 0.6 is 15.9 Å². The van der Waals surface area contributed by atoms with E-state index in [-0.39, 0.29) is 6.04 Å². The maximum atomic E-state index is 4.18. The van der Waals surface area contributed by atoms with Gasteiger partial charge in [-0.2, -0.15) is 5.10 Å². The third-order valence-electron chi connectivity index (χ3n) is 2.87. The first-order chi connectivity index (χ1) is 8.09. The molecule has 4 heteroatoms. The number of aryl methyl sites for hydroxylation is 2. The Kier molecular flexibility index (Phi) is 3.52. The Bertz CT molecular complexity index is 519. The summed E-state index contributed by atoms with van der Waals surface area (Å²) < 4.78 is 3.01. The van der Waals surface area contributed by atoms with E-state index < -0.39 is 0 Å². The average molecular weight is 294 g/mol. The first kappa shape index (κ1) is 12.2. The number of hydrogen-bond acceptors (Lipinski definition) is 2. The van der Waals surface area contributed by atoms with Crippen LogP contribution in [0.5, 0.6) is 0 Å². The summed E-state index contributed by atoms with van der Waals surface area (Å²) in [5.74, 6) is 0. The molecule has 1 aromatic heterocycles. The molecule has 1 N–H and O–H groups in total. The zero-order valence-electron chi connectivity index (χ0n) is 10.2. The smallest absolute Gasteiger partial charge is 0.0654 e. The van der Waals surface area contributed by atoms with Crippen LogP contribution in [-0.4, -0.2) is 9.78 Å². The number of nitrogens with zero attached hydrogens (tertiary/aromatic N) is 2. The second-order valence-corrected chi connectivity index (χ2v) is 4.98. The van der Waals surface area contributed by atoms with Crippen LogP contribution in [0.1, 0.15) is 24.2 Å². The normalized spacial score (nSPS) is 12.5. The van der Waals surface area contributed by atoms with Crippen molar-refractivity contribution in [2.45, 2.75) is 19.9 Å². The molecule has 2 rings (SSSR count). The Balaban J connectivity index is 2.22. The molecule has 1 unspecified atom stereocenters. The Morgan fingerprint density at radius 2 is 2.12 bits per heavy atom. The molecule has 0 saturated heterocycles. The van der Waals surface area contributed by atoms with Gasteiger partial charge in [0, 0.05) is 23.4 Å². The van der Waals surface area contributed by atoms with Gasteiger partial charge in [0.15, 0.2) is 0 Å². The lowest BCUT2D eigenvalue weighted by Crippen LogP contribution is -2.11. The Labute approximate surface area is 110 Å². The summed E-state index contributed by atoms with van der Waals surface area (Å²) in [7, 11) is 1.96. The topological polar surface area (TPSA) is 29.9 Å². The van der Waals surface area contributed by atoms with E-state index in [1.54, 1.807) is 0 Å². The number of nitrogens with one attached hydrogen (secondary N) is 1. The van der Waals surface area contributed by atoms with E-state index in [4.69, 9.17) is 0 Å². The van der Waals surface area contributed by atoms with Crippen molar-refractivity contribution in [2.75, 3.05) is 5.32 Å². The van der Waals surface area contributed by atoms with Gasteiger partial charge in [0.25, 0.3) is 0 Å². The largest absolute Gasteiger partial charge is 0.376 e. The van der Waals surface area contributed by atoms with Crippen molar-refractivity contribution in [1.29, 1.82) is 0 Å². The zero-order chi connectivity index (χ0) is 12.4. The number of rotatable bonds is 3. The summed E-state index contributed by atoms with van der Waals surface area (Å²) in [5, 5.41) is 7.67. The molecule has 0 bridgehead atoms. The van der Waals surface area contributed by atoms with Gasteiger partial charge in [0.1, 0.15) is 0 Å².